The molecule has 1 rings (SSSR count). The maximum absolute atomic E-state index is 10.9. The molecule has 1 aliphatic carbocycles. The molecule has 0 N–H and O–H groups in total. The molecule has 0 aromatic carbocycles. The van der Waals surface area contributed by atoms with Crippen molar-refractivity contribution in [1.29, 1.82) is 0 Å². The average molecular weight is 219 g/mol. The average Bonchev–Trinajstić information content (AvgIpc) is 2.06. The molecule has 80 valence electrons. The zero-order chi connectivity index (χ0) is 10.6. The highest BCUT2D eigenvalue weighted by molar-refractivity contribution is 7.86. The van der Waals surface area contributed by atoms with Crippen LogP contribution < -0.4 is 0 Å². The molecule has 0 aromatic rings. The number of rotatable bonds is 3. The van der Waals surface area contributed by atoms with E-state index in [0.29, 0.717) is 12.8 Å². The molecular formula is C7H13N3O3S. The molecule has 0 heterocycles. The molecule has 0 saturated heterocycles. The van der Waals surface area contributed by atoms with Crippen LogP contribution in [0.15, 0.2) is 5.11 Å². The minimum atomic E-state index is -3.46. The van der Waals surface area contributed by atoms with E-state index in [4.69, 9.17) is 9.71 Å². The third kappa shape index (κ3) is 3.53. The maximum Gasteiger partial charge on any atom is 0.264 e. The first-order valence-electron chi connectivity index (χ1n) is 4.45. The second kappa shape index (κ2) is 4.63. The highest BCUT2D eigenvalue weighted by Gasteiger charge is 2.27. The smallest absolute Gasteiger partial charge is 0.264 e. The lowest BCUT2D eigenvalue weighted by Gasteiger charge is -2.26. The van der Waals surface area contributed by atoms with E-state index in [-0.39, 0.29) is 6.04 Å². The highest BCUT2D eigenvalue weighted by Crippen LogP contribution is 2.24. The Balaban J connectivity index is 2.68. The van der Waals surface area contributed by atoms with Crippen molar-refractivity contribution in [3.63, 3.8) is 0 Å². The van der Waals surface area contributed by atoms with E-state index in [0.717, 1.165) is 19.1 Å². The van der Waals surface area contributed by atoms with E-state index < -0.39 is 16.2 Å². The predicted octanol–water partition coefficient (Wildman–Crippen LogP) is 1.58. The van der Waals surface area contributed by atoms with Gasteiger partial charge in [0.15, 0.2) is 0 Å². The van der Waals surface area contributed by atoms with Gasteiger partial charge in [0.1, 0.15) is 0 Å². The molecule has 0 aromatic heterocycles. The Bertz CT molecular complexity index is 334. The van der Waals surface area contributed by atoms with Gasteiger partial charge in [-0.05, 0) is 18.4 Å². The van der Waals surface area contributed by atoms with E-state index in [9.17, 15) is 8.42 Å². The Morgan fingerprint density at radius 1 is 1.43 bits per heavy atom. The van der Waals surface area contributed by atoms with E-state index in [1.165, 1.54) is 0 Å². The van der Waals surface area contributed by atoms with Gasteiger partial charge < -0.3 is 0 Å². The first kappa shape index (κ1) is 11.3. The highest BCUT2D eigenvalue weighted by atomic mass is 32.2. The van der Waals surface area contributed by atoms with Gasteiger partial charge in [0.05, 0.1) is 18.4 Å². The summed E-state index contributed by atoms with van der Waals surface area (Å²) in [5, 5.41) is 3.54. The lowest BCUT2D eigenvalue weighted by molar-refractivity contribution is 0.140. The predicted molar refractivity (Wildman–Crippen MR) is 51.1 cm³/mol. The van der Waals surface area contributed by atoms with Crippen LogP contribution in [0.25, 0.3) is 10.4 Å². The minimum Gasteiger partial charge on any atom is -0.267 e. The van der Waals surface area contributed by atoms with Crippen molar-refractivity contribution < 1.29 is 12.6 Å². The lowest BCUT2D eigenvalue weighted by Crippen LogP contribution is -2.32. The van der Waals surface area contributed by atoms with E-state index >= 15 is 0 Å². The van der Waals surface area contributed by atoms with Gasteiger partial charge in [-0.15, -0.1) is 0 Å². The molecule has 7 heteroatoms. The van der Waals surface area contributed by atoms with Crippen LogP contribution in [0.5, 0.6) is 0 Å². The molecule has 2 unspecified atom stereocenters. The zero-order valence-corrected chi connectivity index (χ0v) is 8.77. The molecule has 6 nitrogen and oxygen atoms in total. The molecule has 0 radical (unpaired) electrons. The van der Waals surface area contributed by atoms with Crippen LogP contribution in [-0.4, -0.2) is 26.8 Å². The normalized spacial score (nSPS) is 28.1. The zero-order valence-electron chi connectivity index (χ0n) is 7.96. The van der Waals surface area contributed by atoms with Crippen LogP contribution in [0.1, 0.15) is 25.7 Å². The number of hydrogen-bond donors (Lipinski definition) is 0. The van der Waals surface area contributed by atoms with Gasteiger partial charge in [0, 0.05) is 4.91 Å². The van der Waals surface area contributed by atoms with Gasteiger partial charge in [-0.1, -0.05) is 18.0 Å². The molecule has 1 fully saturated rings. The topological polar surface area (TPSA) is 92.1 Å². The van der Waals surface area contributed by atoms with E-state index in [1.54, 1.807) is 0 Å². The summed E-state index contributed by atoms with van der Waals surface area (Å²) in [6, 6.07) is -0.344. The summed E-state index contributed by atoms with van der Waals surface area (Å²) >= 11 is 0. The summed E-state index contributed by atoms with van der Waals surface area (Å²) in [6.45, 7) is 0. The van der Waals surface area contributed by atoms with Crippen LogP contribution in [0.3, 0.4) is 0 Å². The van der Waals surface area contributed by atoms with Gasteiger partial charge in [-0.3, -0.25) is 4.18 Å². The van der Waals surface area contributed by atoms with Crippen molar-refractivity contribution in [1.82, 2.24) is 0 Å². The summed E-state index contributed by atoms with van der Waals surface area (Å²) in [4.78, 5) is 2.69. The van der Waals surface area contributed by atoms with Crippen molar-refractivity contribution in [3.8, 4) is 0 Å². The van der Waals surface area contributed by atoms with Crippen molar-refractivity contribution in [3.05, 3.63) is 10.4 Å². The quantitative estimate of drug-likeness (QED) is 0.312. The molecule has 0 aliphatic heterocycles. The summed E-state index contributed by atoms with van der Waals surface area (Å²) in [5.74, 6) is 0. The fraction of sp³-hybridized carbons (Fsp3) is 1.00. The Morgan fingerprint density at radius 2 is 2.07 bits per heavy atom. The molecule has 0 bridgehead atoms. The van der Waals surface area contributed by atoms with Crippen LogP contribution in [0.2, 0.25) is 0 Å². The Morgan fingerprint density at radius 3 is 2.64 bits per heavy atom. The summed E-state index contributed by atoms with van der Waals surface area (Å²) in [6.07, 6.45) is 3.73. The summed E-state index contributed by atoms with van der Waals surface area (Å²) in [7, 11) is -3.46. The standard InChI is InChI=1S/C7H13N3O3S/c1-14(11,12)13-7-5-3-2-4-6(7)9-10-8/h6-7H,2-5H2,1H3. The minimum absolute atomic E-state index is 0.344. The number of nitrogens with zero attached hydrogens (tertiary/aromatic N) is 3. The van der Waals surface area contributed by atoms with Gasteiger partial charge in [-0.2, -0.15) is 8.42 Å². The first-order chi connectivity index (χ1) is 6.53. The Labute approximate surface area is 83.0 Å². The van der Waals surface area contributed by atoms with Crippen LogP contribution in [0.4, 0.5) is 0 Å². The SMILES string of the molecule is CS(=O)(=O)OC1CCCCC1N=[N+]=[N-]. The molecule has 0 amide bonds. The van der Waals surface area contributed by atoms with Crippen LogP contribution in [-0.2, 0) is 14.3 Å². The van der Waals surface area contributed by atoms with Gasteiger partial charge in [-0.25, -0.2) is 0 Å². The molecule has 1 aliphatic rings. The first-order valence-corrected chi connectivity index (χ1v) is 6.27. The van der Waals surface area contributed by atoms with E-state index in [1.807, 2.05) is 0 Å². The van der Waals surface area contributed by atoms with Gasteiger partial charge in [0.2, 0.25) is 0 Å². The van der Waals surface area contributed by atoms with Crippen molar-refractivity contribution >= 4 is 10.1 Å². The Kier molecular flexibility index (Phi) is 3.74. The summed E-state index contributed by atoms with van der Waals surface area (Å²) < 4.78 is 26.6. The molecule has 14 heavy (non-hydrogen) atoms. The third-order valence-electron chi connectivity index (χ3n) is 2.17. The molecule has 1 saturated carbocycles. The second-order valence-electron chi connectivity index (χ2n) is 3.40. The third-order valence-corrected chi connectivity index (χ3v) is 2.76. The maximum atomic E-state index is 10.9. The fourth-order valence-electron chi connectivity index (χ4n) is 1.61. The van der Waals surface area contributed by atoms with Gasteiger partial charge >= 0.3 is 0 Å². The lowest BCUT2D eigenvalue weighted by atomic mass is 9.93. The molecule has 0 spiro atoms. The number of azide groups is 1. The Hall–Kier alpha value is -0.780. The van der Waals surface area contributed by atoms with E-state index in [2.05, 4.69) is 10.0 Å². The molecule has 2 atom stereocenters. The fourth-order valence-corrected chi connectivity index (χ4v) is 2.29. The number of hydrogen-bond acceptors (Lipinski definition) is 4. The van der Waals surface area contributed by atoms with Crippen molar-refractivity contribution in [2.45, 2.75) is 37.8 Å². The summed E-state index contributed by atoms with van der Waals surface area (Å²) in [5.41, 5.74) is 8.29. The van der Waals surface area contributed by atoms with Crippen molar-refractivity contribution in [2.24, 2.45) is 5.11 Å². The van der Waals surface area contributed by atoms with Crippen LogP contribution >= 0.6 is 0 Å². The second-order valence-corrected chi connectivity index (χ2v) is 5.00. The largest absolute Gasteiger partial charge is 0.267 e. The van der Waals surface area contributed by atoms with Gasteiger partial charge in [0.25, 0.3) is 10.1 Å². The van der Waals surface area contributed by atoms with Crippen LogP contribution in [0, 0.1) is 0 Å². The monoisotopic (exact) mass is 219 g/mol. The molecular weight excluding hydrogens is 206 g/mol. The van der Waals surface area contributed by atoms with Crippen molar-refractivity contribution in [2.75, 3.05) is 6.26 Å².